The predicted molar refractivity (Wildman–Crippen MR) is 64.1 cm³/mol. The van der Waals surface area contributed by atoms with E-state index in [2.05, 4.69) is 50.4 Å². The molecule has 0 fully saturated rings. The highest BCUT2D eigenvalue weighted by Crippen LogP contribution is 2.16. The predicted octanol–water partition coefficient (Wildman–Crippen LogP) is 2.68. The van der Waals surface area contributed by atoms with Crippen LogP contribution in [0, 0.1) is 6.92 Å². The van der Waals surface area contributed by atoms with E-state index in [4.69, 9.17) is 4.74 Å². The number of hydrogen-bond donors (Lipinski definition) is 1. The van der Waals surface area contributed by atoms with Gasteiger partial charge in [-0.2, -0.15) is 0 Å². The number of benzene rings is 1. The molecule has 1 rings (SSSR count). The lowest BCUT2D eigenvalue weighted by Crippen LogP contribution is -2.28. The highest BCUT2D eigenvalue weighted by Gasteiger charge is 2.08. The molecule has 1 aromatic carbocycles. The molecule has 0 saturated carbocycles. The van der Waals surface area contributed by atoms with E-state index >= 15 is 0 Å². The summed E-state index contributed by atoms with van der Waals surface area (Å²) in [4.78, 5) is 0. The van der Waals surface area contributed by atoms with Crippen molar-refractivity contribution in [3.63, 3.8) is 0 Å². The van der Waals surface area contributed by atoms with Crippen molar-refractivity contribution in [2.75, 3.05) is 13.7 Å². The third kappa shape index (κ3) is 3.65. The molecule has 0 radical (unpaired) electrons. The first-order chi connectivity index (χ1) is 7.15. The van der Waals surface area contributed by atoms with Gasteiger partial charge in [-0.15, -0.1) is 0 Å². The minimum absolute atomic E-state index is 0.261. The second-order valence-electron chi connectivity index (χ2n) is 4.03. The molecule has 84 valence electrons. The molecule has 0 aliphatic heterocycles. The lowest BCUT2D eigenvalue weighted by atomic mass is 10.0. The van der Waals surface area contributed by atoms with Crippen LogP contribution in [0.5, 0.6) is 0 Å². The van der Waals surface area contributed by atoms with Crippen LogP contribution in [0.3, 0.4) is 0 Å². The van der Waals surface area contributed by atoms with Crippen molar-refractivity contribution in [3.8, 4) is 0 Å². The van der Waals surface area contributed by atoms with E-state index < -0.39 is 0 Å². The first-order valence-electron chi connectivity index (χ1n) is 5.47. The molecule has 0 saturated heterocycles. The Labute approximate surface area is 92.6 Å². The van der Waals surface area contributed by atoms with Crippen molar-refractivity contribution in [1.82, 2.24) is 5.32 Å². The average molecular weight is 207 g/mol. The second kappa shape index (κ2) is 5.89. The number of methoxy groups -OCH3 is 1. The Morgan fingerprint density at radius 1 is 1.27 bits per heavy atom. The molecule has 0 aliphatic carbocycles. The number of nitrogens with one attached hydrogen (secondary N) is 1. The smallest absolute Gasteiger partial charge is 0.0667 e. The van der Waals surface area contributed by atoms with Crippen molar-refractivity contribution in [2.24, 2.45) is 0 Å². The maximum absolute atomic E-state index is 5.20. The van der Waals surface area contributed by atoms with Gasteiger partial charge in [0.25, 0.3) is 0 Å². The van der Waals surface area contributed by atoms with Gasteiger partial charge in [0.1, 0.15) is 0 Å². The normalized spacial score (nSPS) is 14.9. The summed E-state index contributed by atoms with van der Waals surface area (Å²) in [5.41, 5.74) is 2.70. The van der Waals surface area contributed by atoms with Gasteiger partial charge in [0.15, 0.2) is 0 Å². The molecule has 0 spiro atoms. The van der Waals surface area contributed by atoms with E-state index in [1.54, 1.807) is 7.11 Å². The van der Waals surface area contributed by atoms with Crippen molar-refractivity contribution in [1.29, 1.82) is 0 Å². The molecule has 2 atom stereocenters. The number of hydrogen-bond acceptors (Lipinski definition) is 2. The maximum atomic E-state index is 5.20. The minimum atomic E-state index is 0.261. The third-order valence-electron chi connectivity index (χ3n) is 2.77. The van der Waals surface area contributed by atoms with Crippen molar-refractivity contribution in [3.05, 3.63) is 35.4 Å². The zero-order chi connectivity index (χ0) is 11.3. The fourth-order valence-electron chi connectivity index (χ4n) is 1.61. The van der Waals surface area contributed by atoms with E-state index in [0.717, 1.165) is 6.54 Å². The zero-order valence-electron chi connectivity index (χ0n) is 10.1. The summed E-state index contributed by atoms with van der Waals surface area (Å²) in [6, 6.07) is 8.85. The molecular weight excluding hydrogens is 186 g/mol. The second-order valence-corrected chi connectivity index (χ2v) is 4.03. The molecule has 0 heterocycles. The van der Waals surface area contributed by atoms with Gasteiger partial charge in [-0.05, 0) is 31.9 Å². The molecule has 1 aromatic rings. The molecule has 15 heavy (non-hydrogen) atoms. The van der Waals surface area contributed by atoms with Crippen LogP contribution < -0.4 is 5.32 Å². The topological polar surface area (TPSA) is 21.3 Å². The lowest BCUT2D eigenvalue weighted by Gasteiger charge is -2.18. The standard InChI is InChI=1S/C13H21NO/c1-10-7-5-6-8-13(10)12(3)14-9-11(2)15-4/h5-8,11-12,14H,9H2,1-4H3/t11?,12-/m0/s1. The van der Waals surface area contributed by atoms with Crippen molar-refractivity contribution in [2.45, 2.75) is 32.9 Å². The van der Waals surface area contributed by atoms with Crippen molar-refractivity contribution < 1.29 is 4.74 Å². The molecule has 1 N–H and O–H groups in total. The summed E-state index contributed by atoms with van der Waals surface area (Å²) < 4.78 is 5.20. The van der Waals surface area contributed by atoms with Gasteiger partial charge in [-0.1, -0.05) is 24.3 Å². The van der Waals surface area contributed by atoms with Crippen LogP contribution in [0.15, 0.2) is 24.3 Å². The average Bonchev–Trinajstić information content (AvgIpc) is 2.26. The summed E-state index contributed by atoms with van der Waals surface area (Å²) >= 11 is 0. The Hall–Kier alpha value is -0.860. The molecule has 0 aromatic heterocycles. The van der Waals surface area contributed by atoms with Gasteiger partial charge >= 0.3 is 0 Å². The van der Waals surface area contributed by atoms with Crippen LogP contribution in [0.4, 0.5) is 0 Å². The van der Waals surface area contributed by atoms with Gasteiger partial charge in [-0.25, -0.2) is 0 Å². The van der Waals surface area contributed by atoms with Crippen LogP contribution in [0.25, 0.3) is 0 Å². The van der Waals surface area contributed by atoms with Crippen LogP contribution >= 0.6 is 0 Å². The summed E-state index contributed by atoms with van der Waals surface area (Å²) in [5, 5.41) is 3.47. The fourth-order valence-corrected chi connectivity index (χ4v) is 1.61. The van der Waals surface area contributed by atoms with Crippen LogP contribution in [-0.2, 0) is 4.74 Å². The van der Waals surface area contributed by atoms with E-state index in [-0.39, 0.29) is 6.10 Å². The van der Waals surface area contributed by atoms with Gasteiger partial charge < -0.3 is 10.1 Å². The van der Waals surface area contributed by atoms with E-state index in [9.17, 15) is 0 Å². The molecule has 1 unspecified atom stereocenters. The highest BCUT2D eigenvalue weighted by molar-refractivity contribution is 5.28. The number of ether oxygens (including phenoxy) is 1. The first-order valence-corrected chi connectivity index (χ1v) is 5.47. The highest BCUT2D eigenvalue weighted by atomic mass is 16.5. The largest absolute Gasteiger partial charge is 0.380 e. The van der Waals surface area contributed by atoms with Crippen LogP contribution in [0.2, 0.25) is 0 Å². The minimum Gasteiger partial charge on any atom is -0.380 e. The van der Waals surface area contributed by atoms with E-state index in [1.807, 2.05) is 0 Å². The molecular formula is C13H21NO. The Bertz CT molecular complexity index is 298. The summed E-state index contributed by atoms with van der Waals surface area (Å²) in [7, 11) is 1.74. The Morgan fingerprint density at radius 3 is 2.53 bits per heavy atom. The van der Waals surface area contributed by atoms with E-state index in [0.29, 0.717) is 6.04 Å². The van der Waals surface area contributed by atoms with Crippen LogP contribution in [0.1, 0.15) is 31.0 Å². The summed E-state index contributed by atoms with van der Waals surface area (Å²) in [6.07, 6.45) is 0.261. The summed E-state index contributed by atoms with van der Waals surface area (Å²) in [5.74, 6) is 0. The van der Waals surface area contributed by atoms with Crippen molar-refractivity contribution >= 4 is 0 Å². The Balaban J connectivity index is 2.54. The van der Waals surface area contributed by atoms with Gasteiger partial charge in [0.05, 0.1) is 6.10 Å². The third-order valence-corrected chi connectivity index (χ3v) is 2.77. The lowest BCUT2D eigenvalue weighted by molar-refractivity contribution is 0.115. The van der Waals surface area contributed by atoms with Gasteiger partial charge in [-0.3, -0.25) is 0 Å². The SMILES string of the molecule is COC(C)CN[C@@H](C)c1ccccc1C. The first kappa shape index (κ1) is 12.2. The zero-order valence-corrected chi connectivity index (χ0v) is 10.1. The summed E-state index contributed by atoms with van der Waals surface area (Å²) in [6.45, 7) is 7.28. The number of rotatable bonds is 5. The number of aryl methyl sites for hydroxylation is 1. The fraction of sp³-hybridized carbons (Fsp3) is 0.538. The Kier molecular flexibility index (Phi) is 4.79. The van der Waals surface area contributed by atoms with E-state index in [1.165, 1.54) is 11.1 Å². The molecule has 0 bridgehead atoms. The van der Waals surface area contributed by atoms with Gasteiger partial charge in [0.2, 0.25) is 0 Å². The van der Waals surface area contributed by atoms with Crippen LogP contribution in [-0.4, -0.2) is 19.8 Å². The molecule has 2 nitrogen and oxygen atoms in total. The molecule has 0 aliphatic rings. The quantitative estimate of drug-likeness (QED) is 0.801. The maximum Gasteiger partial charge on any atom is 0.0667 e. The van der Waals surface area contributed by atoms with Gasteiger partial charge in [0, 0.05) is 19.7 Å². The monoisotopic (exact) mass is 207 g/mol. The molecule has 0 amide bonds. The Morgan fingerprint density at radius 2 is 1.93 bits per heavy atom. The molecule has 2 heteroatoms.